The van der Waals surface area contributed by atoms with Crippen LogP contribution in [0.1, 0.15) is 109 Å². The van der Waals surface area contributed by atoms with E-state index >= 15 is 0 Å². The lowest BCUT2D eigenvalue weighted by Crippen LogP contribution is -2.63. The average Bonchev–Trinajstić information content (AvgIpc) is 1.69. The Kier molecular flexibility index (Phi) is 27.6. The molecule has 0 aliphatic carbocycles. The topological polar surface area (TPSA) is 337 Å². The molecule has 89 heavy (non-hydrogen) atoms. The minimum absolute atomic E-state index is 0.00973. The second kappa shape index (κ2) is 33.5. The van der Waals surface area contributed by atoms with Crippen LogP contribution in [0.5, 0.6) is 11.5 Å². The number of halogens is 3. The molecule has 3 heterocycles. The maximum absolute atomic E-state index is 14.6. The standard InChI is InChI=1S/C61H86Br2ClN9O16/c1-33(2)51(70-48(74)20-13-12-14-23-66-53(76)38(31-62)32-63)55(78)69-41(18-16-24-67-58(65)81)54(77)68-39-21-22-40(43(28-39)84-9)56(79)72(7)36(5)57(80)88-47-29-49(75)73(8)42-26-37(27-44(85-10)50(42)64)25-34(3)17-15-19-46(86-11)61(83)30-45(87-59(82)71-61)35(4)52-60(47,6)89-52/h15,17,19,21-22,26-28,33,35-36,38,41,45-47,51-52,83H,12-14,16,18,20,23-25,29-32H2,1-11H3,(H,66,76)(H,68,77)(H,69,78)(H,70,74)(H,71,82)(H3,65,67,81)/b19-15+,34-17+/t35-,36+,41+,45+,46-,47+,51+,52+,60+,61+/m1/s1. The summed E-state index contributed by atoms with van der Waals surface area (Å²) in [5.74, 6) is -4.86. The van der Waals surface area contributed by atoms with Gasteiger partial charge in [-0.1, -0.05) is 94.5 Å². The predicted octanol–water partition coefficient (Wildman–Crippen LogP) is 5.93. The van der Waals surface area contributed by atoms with Crippen LogP contribution in [0.4, 0.5) is 21.0 Å². The van der Waals surface area contributed by atoms with E-state index in [0.717, 1.165) is 16.0 Å². The van der Waals surface area contributed by atoms with Crippen molar-refractivity contribution in [3.05, 3.63) is 70.3 Å². The van der Waals surface area contributed by atoms with Crippen molar-refractivity contribution in [1.29, 1.82) is 0 Å². The lowest BCUT2D eigenvalue weighted by atomic mass is 9.83. The van der Waals surface area contributed by atoms with Crippen molar-refractivity contribution < 1.29 is 76.7 Å². The van der Waals surface area contributed by atoms with Gasteiger partial charge >= 0.3 is 18.1 Å². The third-order valence-electron chi connectivity index (χ3n) is 16.1. The van der Waals surface area contributed by atoms with Crippen LogP contribution >= 0.6 is 43.5 Å². The van der Waals surface area contributed by atoms with Crippen LogP contribution in [0.15, 0.2) is 54.1 Å². The van der Waals surface area contributed by atoms with Crippen LogP contribution in [0.3, 0.4) is 0 Å². The van der Waals surface area contributed by atoms with E-state index in [0.29, 0.717) is 54.3 Å². The molecule has 25 nitrogen and oxygen atoms in total. The van der Waals surface area contributed by atoms with Crippen LogP contribution < -0.4 is 52.0 Å². The Morgan fingerprint density at radius 3 is 2.26 bits per heavy atom. The molecule has 9 amide bonds. The fraction of sp³-hybridized carbons (Fsp3) is 0.590. The average molecular weight is 1400 g/mol. The number of hydrogen-bond acceptors (Lipinski definition) is 16. The van der Waals surface area contributed by atoms with Crippen LogP contribution in [0.25, 0.3) is 0 Å². The number of aliphatic hydroxyl groups is 1. The van der Waals surface area contributed by atoms with Crippen LogP contribution in [0.2, 0.25) is 5.02 Å². The number of hydrogen-bond donors (Lipinski definition) is 8. The molecule has 9 N–H and O–H groups in total. The second-order valence-corrected chi connectivity index (χ2v) is 24.8. The number of nitrogens with two attached hydrogens (primary N) is 1. The quantitative estimate of drug-likeness (QED) is 0.0234. The highest BCUT2D eigenvalue weighted by Crippen LogP contribution is 2.49. The number of benzene rings is 2. The lowest BCUT2D eigenvalue weighted by Gasteiger charge is -2.42. The zero-order valence-corrected chi connectivity index (χ0v) is 56.2. The molecule has 0 aromatic heterocycles. The maximum Gasteiger partial charge on any atom is 0.409 e. The number of amides is 9. The molecule has 28 heteroatoms. The van der Waals surface area contributed by atoms with Crippen molar-refractivity contribution in [3.8, 4) is 11.5 Å². The fourth-order valence-corrected chi connectivity index (χ4v) is 12.5. The molecule has 0 radical (unpaired) electrons. The SMILES string of the molecule is COc1cc(NC(=O)[C@H](CCCNC(N)=O)NC(=O)[C@@H](NC(=O)CCCCCNC(=O)C(CBr)CBr)C(C)C)ccc1C(=O)N(C)[C@@H](C)C(=O)O[C@H]1CC(=O)N(C)c2cc(cc(OC)c2Cl)C/C(C)=C/C=C/[C@@H](OC)[C@@]2(O)C[C@H](OC(=O)N2)[C@@H](C)[C@@H]2O[C@@]12C. The van der Waals surface area contributed by atoms with Gasteiger partial charge in [0, 0.05) is 75.5 Å². The van der Waals surface area contributed by atoms with E-state index in [9.17, 15) is 48.3 Å². The summed E-state index contributed by atoms with van der Waals surface area (Å²) in [6.07, 6.45) is 2.12. The minimum atomic E-state index is -1.92. The molecule has 5 rings (SSSR count). The Balaban J connectivity index is 1.33. The Morgan fingerprint density at radius 2 is 1.62 bits per heavy atom. The number of methoxy groups -OCH3 is 3. The molecule has 0 saturated carbocycles. The molecule has 2 aromatic rings. The molecule has 0 unspecified atom stereocenters. The number of allylic oxidation sites excluding steroid dienone is 3. The van der Waals surface area contributed by atoms with Crippen LogP contribution in [0, 0.1) is 17.8 Å². The summed E-state index contributed by atoms with van der Waals surface area (Å²) < 4.78 is 35.3. The second-order valence-electron chi connectivity index (χ2n) is 23.1. The number of carbonyl (C=O) groups is 9. The van der Waals surface area contributed by atoms with Crippen molar-refractivity contribution in [1.82, 2.24) is 31.5 Å². The van der Waals surface area contributed by atoms with Crippen LogP contribution in [-0.4, -0.2) is 177 Å². The molecular weight excluding hydrogens is 1310 g/mol. The van der Waals surface area contributed by atoms with Gasteiger partial charge in [0.15, 0.2) is 5.72 Å². The monoisotopic (exact) mass is 1390 g/mol. The van der Waals surface area contributed by atoms with Crippen LogP contribution in [-0.2, 0) is 54.1 Å². The summed E-state index contributed by atoms with van der Waals surface area (Å²) in [6, 6.07) is 3.37. The number of primary amides is 1. The maximum atomic E-state index is 14.6. The van der Waals surface area contributed by atoms with Gasteiger partial charge in [-0.2, -0.15) is 0 Å². The van der Waals surface area contributed by atoms with E-state index in [1.807, 2.05) is 13.0 Å². The number of alkyl halides is 2. The number of epoxide rings is 1. The largest absolute Gasteiger partial charge is 0.496 e. The number of carbonyl (C=O) groups excluding carboxylic acids is 9. The van der Waals surface area contributed by atoms with Crippen molar-refractivity contribution in [2.45, 2.75) is 153 Å². The predicted molar refractivity (Wildman–Crippen MR) is 340 cm³/mol. The van der Waals surface area contributed by atoms with Crippen molar-refractivity contribution in [2.24, 2.45) is 23.5 Å². The Labute approximate surface area is 541 Å². The smallest absolute Gasteiger partial charge is 0.409 e. The molecule has 3 aliphatic rings. The van der Waals surface area contributed by atoms with Gasteiger partial charge in [0.2, 0.25) is 29.5 Å². The van der Waals surface area contributed by atoms with Gasteiger partial charge in [-0.25, -0.2) is 14.4 Å². The Morgan fingerprint density at radius 1 is 0.933 bits per heavy atom. The number of rotatable bonds is 26. The fourth-order valence-electron chi connectivity index (χ4n) is 10.5. The van der Waals surface area contributed by atoms with Crippen molar-refractivity contribution in [2.75, 3.05) is 69.4 Å². The number of urea groups is 1. The van der Waals surface area contributed by atoms with Gasteiger partial charge in [0.25, 0.3) is 5.91 Å². The molecule has 2 fully saturated rings. The summed E-state index contributed by atoms with van der Waals surface area (Å²) in [6.45, 7) is 10.7. The third-order valence-corrected chi connectivity index (χ3v) is 18.1. The van der Waals surface area contributed by atoms with Gasteiger partial charge in [-0.05, 0) is 88.6 Å². The molecule has 2 saturated heterocycles. The van der Waals surface area contributed by atoms with Crippen molar-refractivity contribution in [3.63, 3.8) is 0 Å². The molecule has 492 valence electrons. The van der Waals surface area contributed by atoms with Gasteiger partial charge in [-0.15, -0.1) is 0 Å². The number of anilines is 2. The lowest BCUT2D eigenvalue weighted by molar-refractivity contribution is -0.158. The molecule has 0 spiro atoms. The van der Waals surface area contributed by atoms with E-state index in [-0.39, 0.29) is 77.9 Å². The molecule has 10 atom stereocenters. The molecule has 4 bridgehead atoms. The number of nitrogens with one attached hydrogen (secondary N) is 6. The summed E-state index contributed by atoms with van der Waals surface area (Å²) in [7, 11) is 7.04. The molecular formula is C61H86Br2ClN9O16. The Bertz CT molecular complexity index is 2950. The van der Waals surface area contributed by atoms with Gasteiger partial charge in [0.05, 0.1) is 43.9 Å². The normalized spacial score (nSPS) is 23.8. The van der Waals surface area contributed by atoms with E-state index in [1.165, 1.54) is 65.4 Å². The van der Waals surface area contributed by atoms with Crippen molar-refractivity contribution >= 4 is 108 Å². The highest BCUT2D eigenvalue weighted by atomic mass is 79.9. The number of likely N-dealkylation sites (N-methyl/N-ethyl adjacent to an activating group) is 1. The molecule has 3 aliphatic heterocycles. The van der Waals surface area contributed by atoms with Gasteiger partial charge in [-0.3, -0.25) is 34.1 Å². The van der Waals surface area contributed by atoms with Gasteiger partial charge in [0.1, 0.15) is 58.6 Å². The zero-order chi connectivity index (χ0) is 66.1. The van der Waals surface area contributed by atoms with E-state index in [4.69, 9.17) is 45.8 Å². The summed E-state index contributed by atoms with van der Waals surface area (Å²) >= 11 is 13.5. The number of fused-ring (bicyclic) bond motifs is 5. The highest BCUT2D eigenvalue weighted by Gasteiger charge is 2.64. The highest BCUT2D eigenvalue weighted by molar-refractivity contribution is 9.09. The van der Waals surface area contributed by atoms with Gasteiger partial charge < -0.3 is 75.6 Å². The Hall–Kier alpha value is -6.52. The summed E-state index contributed by atoms with van der Waals surface area (Å²) in [5, 5.41) is 29.3. The number of nitrogens with zero attached hydrogens (tertiary/aromatic N) is 2. The van der Waals surface area contributed by atoms with E-state index in [2.05, 4.69) is 63.8 Å². The number of unbranched alkanes of at least 4 members (excludes halogenated alkanes) is 2. The summed E-state index contributed by atoms with van der Waals surface area (Å²) in [5.41, 5.74) is 4.01. The van der Waals surface area contributed by atoms with E-state index < -0.39 is 108 Å². The number of esters is 1. The number of ether oxygens (including phenoxy) is 6. The zero-order valence-electron chi connectivity index (χ0n) is 52.3. The summed E-state index contributed by atoms with van der Waals surface area (Å²) in [4.78, 5) is 124. The first-order valence-corrected chi connectivity index (χ1v) is 32.1. The third kappa shape index (κ3) is 19.7. The number of alkyl carbamates (subject to hydrolysis) is 1. The first-order valence-electron chi connectivity index (χ1n) is 29.4. The minimum Gasteiger partial charge on any atom is -0.496 e. The molecule has 2 aromatic carbocycles. The van der Waals surface area contributed by atoms with E-state index in [1.54, 1.807) is 52.0 Å². The first kappa shape index (κ1) is 73.2. The first-order chi connectivity index (χ1) is 42.1.